The number of methoxy groups -OCH3 is 1. The first kappa shape index (κ1) is 16.3. The first-order valence-corrected chi connectivity index (χ1v) is 6.99. The van der Waals surface area contributed by atoms with E-state index in [0.29, 0.717) is 19.8 Å². The second kappa shape index (κ2) is 10.1. The zero-order valence-corrected chi connectivity index (χ0v) is 12.3. The standard InChI is InChI=1S/C15H24N2O3/c1-3-4-10-20-14-8-6-5-7-13(14)17-12-15(18)16-9-11-19-2/h5-8,17H,3-4,9-12H2,1-2H3,(H,16,18). The lowest BCUT2D eigenvalue weighted by atomic mass is 10.3. The van der Waals surface area contributed by atoms with Crippen LogP contribution in [0.4, 0.5) is 5.69 Å². The van der Waals surface area contributed by atoms with Crippen molar-refractivity contribution in [2.45, 2.75) is 19.8 Å². The highest BCUT2D eigenvalue weighted by Gasteiger charge is 2.05. The second-order valence-electron chi connectivity index (χ2n) is 4.39. The van der Waals surface area contributed by atoms with E-state index in [1.807, 2.05) is 24.3 Å². The van der Waals surface area contributed by atoms with Crippen molar-refractivity contribution in [2.24, 2.45) is 0 Å². The van der Waals surface area contributed by atoms with E-state index in [0.717, 1.165) is 24.3 Å². The average Bonchev–Trinajstić information content (AvgIpc) is 2.47. The molecule has 1 aromatic rings. The van der Waals surface area contributed by atoms with Crippen molar-refractivity contribution in [3.8, 4) is 5.75 Å². The van der Waals surface area contributed by atoms with Crippen LogP contribution in [0.25, 0.3) is 0 Å². The molecule has 0 unspecified atom stereocenters. The van der Waals surface area contributed by atoms with Crippen molar-refractivity contribution in [3.63, 3.8) is 0 Å². The van der Waals surface area contributed by atoms with E-state index in [9.17, 15) is 4.79 Å². The number of carbonyl (C=O) groups excluding carboxylic acids is 1. The van der Waals surface area contributed by atoms with Gasteiger partial charge in [-0.3, -0.25) is 4.79 Å². The molecule has 0 fully saturated rings. The minimum atomic E-state index is -0.0644. The Morgan fingerprint density at radius 3 is 2.80 bits per heavy atom. The Balaban J connectivity index is 2.40. The van der Waals surface area contributed by atoms with Gasteiger partial charge in [-0.15, -0.1) is 0 Å². The third-order valence-corrected chi connectivity index (χ3v) is 2.71. The number of carbonyl (C=O) groups is 1. The summed E-state index contributed by atoms with van der Waals surface area (Å²) < 4.78 is 10.6. The summed E-state index contributed by atoms with van der Waals surface area (Å²) in [7, 11) is 1.61. The number of benzene rings is 1. The van der Waals surface area contributed by atoms with Gasteiger partial charge in [0.25, 0.3) is 0 Å². The topological polar surface area (TPSA) is 59.6 Å². The normalized spacial score (nSPS) is 10.1. The molecule has 20 heavy (non-hydrogen) atoms. The maximum Gasteiger partial charge on any atom is 0.239 e. The Morgan fingerprint density at radius 1 is 1.25 bits per heavy atom. The second-order valence-corrected chi connectivity index (χ2v) is 4.39. The van der Waals surface area contributed by atoms with Crippen LogP contribution in [0.5, 0.6) is 5.75 Å². The number of hydrogen-bond acceptors (Lipinski definition) is 4. The summed E-state index contributed by atoms with van der Waals surface area (Å²) in [5.41, 5.74) is 0.838. The van der Waals surface area contributed by atoms with Crippen LogP contribution in [0, 0.1) is 0 Å². The molecule has 0 saturated carbocycles. The molecule has 0 aliphatic carbocycles. The lowest BCUT2D eigenvalue weighted by Gasteiger charge is -2.13. The van der Waals surface area contributed by atoms with E-state index < -0.39 is 0 Å². The van der Waals surface area contributed by atoms with Crippen molar-refractivity contribution in [3.05, 3.63) is 24.3 Å². The monoisotopic (exact) mass is 280 g/mol. The van der Waals surface area contributed by atoms with Gasteiger partial charge in [-0.25, -0.2) is 0 Å². The van der Waals surface area contributed by atoms with Crippen molar-refractivity contribution in [2.75, 3.05) is 38.7 Å². The predicted molar refractivity (Wildman–Crippen MR) is 80.2 cm³/mol. The summed E-state index contributed by atoms with van der Waals surface area (Å²) in [6, 6.07) is 7.65. The third kappa shape index (κ3) is 6.43. The predicted octanol–water partition coefficient (Wildman–Crippen LogP) is 2.04. The van der Waals surface area contributed by atoms with Gasteiger partial charge in [0.2, 0.25) is 5.91 Å². The Kier molecular flexibility index (Phi) is 8.22. The quantitative estimate of drug-likeness (QED) is 0.644. The molecule has 0 saturated heterocycles. The molecule has 2 N–H and O–H groups in total. The van der Waals surface area contributed by atoms with Crippen LogP contribution in [0.3, 0.4) is 0 Å². The van der Waals surface area contributed by atoms with Crippen LogP contribution in [0.2, 0.25) is 0 Å². The number of hydrogen-bond donors (Lipinski definition) is 2. The van der Waals surface area contributed by atoms with Crippen LogP contribution >= 0.6 is 0 Å². The van der Waals surface area contributed by atoms with E-state index in [1.165, 1.54) is 0 Å². The molecule has 1 aromatic carbocycles. The van der Waals surface area contributed by atoms with Crippen LogP contribution < -0.4 is 15.4 Å². The van der Waals surface area contributed by atoms with Crippen LogP contribution in [-0.4, -0.2) is 39.3 Å². The van der Waals surface area contributed by atoms with Gasteiger partial charge >= 0.3 is 0 Å². The van der Waals surface area contributed by atoms with Gasteiger partial charge in [-0.1, -0.05) is 25.5 Å². The molecule has 112 valence electrons. The maximum atomic E-state index is 11.6. The molecule has 1 amide bonds. The molecule has 5 nitrogen and oxygen atoms in total. The van der Waals surface area contributed by atoms with Gasteiger partial charge in [0.15, 0.2) is 0 Å². The zero-order chi connectivity index (χ0) is 14.6. The largest absolute Gasteiger partial charge is 0.491 e. The maximum absolute atomic E-state index is 11.6. The molecule has 5 heteroatoms. The smallest absolute Gasteiger partial charge is 0.239 e. The minimum Gasteiger partial charge on any atom is -0.491 e. The molecular weight excluding hydrogens is 256 g/mol. The summed E-state index contributed by atoms with van der Waals surface area (Å²) in [6.45, 7) is 4.07. The lowest BCUT2D eigenvalue weighted by Crippen LogP contribution is -2.32. The summed E-state index contributed by atoms with van der Waals surface area (Å²) in [4.78, 5) is 11.6. The molecule has 1 rings (SSSR count). The van der Waals surface area contributed by atoms with Crippen molar-refractivity contribution >= 4 is 11.6 Å². The van der Waals surface area contributed by atoms with Gasteiger partial charge < -0.3 is 20.1 Å². The average molecular weight is 280 g/mol. The van der Waals surface area contributed by atoms with Crippen molar-refractivity contribution in [1.82, 2.24) is 5.32 Å². The first-order chi connectivity index (χ1) is 9.77. The summed E-state index contributed by atoms with van der Waals surface area (Å²) in [5.74, 6) is 0.719. The molecule has 0 aliphatic rings. The molecule has 0 bridgehead atoms. The highest BCUT2D eigenvalue weighted by Crippen LogP contribution is 2.23. The molecule has 0 spiro atoms. The Morgan fingerprint density at radius 2 is 2.05 bits per heavy atom. The Hall–Kier alpha value is -1.75. The molecule has 0 aliphatic heterocycles. The summed E-state index contributed by atoms with van der Waals surface area (Å²) in [5, 5.41) is 5.85. The van der Waals surface area contributed by atoms with Gasteiger partial charge in [-0.05, 0) is 18.6 Å². The Labute approximate surface area is 120 Å². The van der Waals surface area contributed by atoms with E-state index >= 15 is 0 Å². The first-order valence-electron chi connectivity index (χ1n) is 6.99. The summed E-state index contributed by atoms with van der Waals surface area (Å²) in [6.07, 6.45) is 2.11. The van der Waals surface area contributed by atoms with E-state index in [2.05, 4.69) is 17.6 Å². The van der Waals surface area contributed by atoms with Crippen LogP contribution in [0.15, 0.2) is 24.3 Å². The van der Waals surface area contributed by atoms with E-state index in [-0.39, 0.29) is 12.5 Å². The number of nitrogens with one attached hydrogen (secondary N) is 2. The zero-order valence-electron chi connectivity index (χ0n) is 12.3. The molecule has 0 aromatic heterocycles. The van der Waals surface area contributed by atoms with E-state index in [4.69, 9.17) is 9.47 Å². The molecular formula is C15H24N2O3. The number of rotatable bonds is 10. The summed E-state index contributed by atoms with van der Waals surface area (Å²) >= 11 is 0. The highest BCUT2D eigenvalue weighted by molar-refractivity contribution is 5.81. The number of unbranched alkanes of at least 4 members (excludes halogenated alkanes) is 1. The van der Waals surface area contributed by atoms with Crippen LogP contribution in [0.1, 0.15) is 19.8 Å². The fourth-order valence-corrected chi connectivity index (χ4v) is 1.60. The molecule has 0 heterocycles. The third-order valence-electron chi connectivity index (χ3n) is 2.71. The SMILES string of the molecule is CCCCOc1ccccc1NCC(=O)NCCOC. The van der Waals surface area contributed by atoms with Crippen LogP contribution in [-0.2, 0) is 9.53 Å². The van der Waals surface area contributed by atoms with Gasteiger partial charge in [0.05, 0.1) is 25.4 Å². The molecule has 0 atom stereocenters. The van der Waals surface area contributed by atoms with Crippen molar-refractivity contribution in [1.29, 1.82) is 0 Å². The minimum absolute atomic E-state index is 0.0644. The fraction of sp³-hybridized carbons (Fsp3) is 0.533. The molecule has 0 radical (unpaired) electrons. The highest BCUT2D eigenvalue weighted by atomic mass is 16.5. The van der Waals surface area contributed by atoms with Crippen molar-refractivity contribution < 1.29 is 14.3 Å². The van der Waals surface area contributed by atoms with E-state index in [1.54, 1.807) is 7.11 Å². The number of anilines is 1. The lowest BCUT2D eigenvalue weighted by molar-refractivity contribution is -0.119. The van der Waals surface area contributed by atoms with Gasteiger partial charge in [0, 0.05) is 13.7 Å². The number of para-hydroxylation sites is 2. The van der Waals surface area contributed by atoms with Gasteiger partial charge in [-0.2, -0.15) is 0 Å². The number of ether oxygens (including phenoxy) is 2. The fourth-order valence-electron chi connectivity index (χ4n) is 1.60. The number of amides is 1. The van der Waals surface area contributed by atoms with Gasteiger partial charge in [0.1, 0.15) is 5.75 Å². The Bertz CT molecular complexity index is 396.